The summed E-state index contributed by atoms with van der Waals surface area (Å²) in [6.07, 6.45) is 4.43. The monoisotopic (exact) mass is 293 g/mol. The zero-order chi connectivity index (χ0) is 15.3. The minimum absolute atomic E-state index is 0.0608. The topological polar surface area (TPSA) is 21.3 Å². The molecule has 0 heterocycles. The first-order valence-electron chi connectivity index (χ1n) is 8.24. The second kappa shape index (κ2) is 7.37. The van der Waals surface area contributed by atoms with Gasteiger partial charge in [-0.3, -0.25) is 0 Å². The van der Waals surface area contributed by atoms with Crippen molar-refractivity contribution in [2.45, 2.75) is 58.1 Å². The number of ether oxygens (including phenoxy) is 1. The number of likely N-dealkylation sites (N-methyl/N-ethyl adjacent to an activating group) is 1. The molecule has 1 aromatic carbocycles. The highest BCUT2D eigenvalue weighted by Gasteiger charge is 2.42. The van der Waals surface area contributed by atoms with E-state index in [1.54, 1.807) is 12.1 Å². The molecular formula is C18H28FNO. The maximum absolute atomic E-state index is 13.6. The molecule has 3 heteroatoms. The van der Waals surface area contributed by atoms with Gasteiger partial charge in [0, 0.05) is 6.61 Å². The summed E-state index contributed by atoms with van der Waals surface area (Å²) >= 11 is 0. The third-order valence-corrected chi connectivity index (χ3v) is 4.67. The zero-order valence-electron chi connectivity index (χ0n) is 13.5. The maximum atomic E-state index is 13.6. The molecule has 1 unspecified atom stereocenters. The summed E-state index contributed by atoms with van der Waals surface area (Å²) in [4.78, 5) is 0. The Hall–Kier alpha value is -0.930. The molecule has 1 N–H and O–H groups in total. The summed E-state index contributed by atoms with van der Waals surface area (Å²) in [5, 5.41) is 3.54. The van der Waals surface area contributed by atoms with Crippen LogP contribution in [0.5, 0.6) is 0 Å². The Kier molecular flexibility index (Phi) is 5.77. The van der Waals surface area contributed by atoms with E-state index < -0.39 is 0 Å². The second-order valence-corrected chi connectivity index (χ2v) is 6.23. The van der Waals surface area contributed by atoms with Crippen molar-refractivity contribution in [3.05, 3.63) is 35.6 Å². The Labute approximate surface area is 128 Å². The first kappa shape index (κ1) is 16.4. The van der Waals surface area contributed by atoms with Crippen LogP contribution in [0.1, 0.15) is 58.1 Å². The van der Waals surface area contributed by atoms with Crippen LogP contribution < -0.4 is 5.32 Å². The number of benzene rings is 1. The van der Waals surface area contributed by atoms with Crippen LogP contribution in [0.25, 0.3) is 0 Å². The number of halogens is 1. The van der Waals surface area contributed by atoms with Gasteiger partial charge in [0.05, 0.1) is 11.6 Å². The molecule has 0 radical (unpaired) electrons. The van der Waals surface area contributed by atoms with Gasteiger partial charge in [0.1, 0.15) is 5.82 Å². The van der Waals surface area contributed by atoms with Crippen molar-refractivity contribution in [1.82, 2.24) is 5.32 Å². The van der Waals surface area contributed by atoms with Crippen molar-refractivity contribution < 1.29 is 9.13 Å². The molecule has 1 aliphatic rings. The Morgan fingerprint density at radius 3 is 2.62 bits per heavy atom. The minimum atomic E-state index is -0.203. The summed E-state index contributed by atoms with van der Waals surface area (Å²) in [6.45, 7) is 8.00. The molecule has 0 saturated heterocycles. The number of rotatable bonds is 6. The van der Waals surface area contributed by atoms with Crippen molar-refractivity contribution >= 4 is 0 Å². The van der Waals surface area contributed by atoms with Gasteiger partial charge in [-0.1, -0.05) is 26.0 Å². The summed E-state index contributed by atoms with van der Waals surface area (Å²) < 4.78 is 19.9. The summed E-state index contributed by atoms with van der Waals surface area (Å²) in [5.41, 5.74) is 0.797. The first-order chi connectivity index (χ1) is 10.1. The third kappa shape index (κ3) is 3.83. The van der Waals surface area contributed by atoms with Crippen LogP contribution in [0.4, 0.5) is 4.39 Å². The molecule has 1 aromatic rings. The summed E-state index contributed by atoms with van der Waals surface area (Å²) in [6, 6.07) is 7.01. The molecule has 21 heavy (non-hydrogen) atoms. The Balaban J connectivity index is 2.32. The standard InChI is InChI=1S/C18H28FNO/c1-4-20-17(15-7-6-8-16(19)13-15)18(21-5-2)11-9-14(3)10-12-18/h6-8,13-14,17,20H,4-5,9-12H2,1-3H3. The van der Waals surface area contributed by atoms with Gasteiger partial charge >= 0.3 is 0 Å². The number of hydrogen-bond acceptors (Lipinski definition) is 2. The highest BCUT2D eigenvalue weighted by Crippen LogP contribution is 2.43. The van der Waals surface area contributed by atoms with Crippen LogP contribution in [0, 0.1) is 11.7 Å². The van der Waals surface area contributed by atoms with Crippen LogP contribution in [-0.2, 0) is 4.74 Å². The quantitative estimate of drug-likeness (QED) is 0.836. The largest absolute Gasteiger partial charge is 0.373 e. The van der Waals surface area contributed by atoms with Crippen LogP contribution in [0.15, 0.2) is 24.3 Å². The second-order valence-electron chi connectivity index (χ2n) is 6.23. The van der Waals surface area contributed by atoms with E-state index in [9.17, 15) is 4.39 Å². The summed E-state index contributed by atoms with van der Waals surface area (Å²) in [5.74, 6) is 0.583. The lowest BCUT2D eigenvalue weighted by molar-refractivity contribution is -0.0973. The van der Waals surface area contributed by atoms with Crippen molar-refractivity contribution in [3.8, 4) is 0 Å². The van der Waals surface area contributed by atoms with E-state index in [2.05, 4.69) is 19.2 Å². The Morgan fingerprint density at radius 1 is 1.33 bits per heavy atom. The van der Waals surface area contributed by atoms with Crippen molar-refractivity contribution in [3.63, 3.8) is 0 Å². The predicted molar refractivity (Wildman–Crippen MR) is 84.8 cm³/mol. The van der Waals surface area contributed by atoms with Crippen molar-refractivity contribution in [2.75, 3.05) is 13.2 Å². The van der Waals surface area contributed by atoms with Crippen LogP contribution in [0.2, 0.25) is 0 Å². The van der Waals surface area contributed by atoms with E-state index in [1.165, 1.54) is 18.9 Å². The molecule has 0 aliphatic heterocycles. The van der Waals surface area contributed by atoms with Gasteiger partial charge in [-0.15, -0.1) is 0 Å². The van der Waals surface area contributed by atoms with E-state index in [0.717, 1.165) is 30.9 Å². The normalized spacial score (nSPS) is 27.5. The smallest absolute Gasteiger partial charge is 0.123 e. The van der Waals surface area contributed by atoms with Gasteiger partial charge in [-0.2, -0.15) is 0 Å². The molecule has 2 rings (SSSR count). The van der Waals surface area contributed by atoms with Gasteiger partial charge in [-0.25, -0.2) is 4.39 Å². The molecule has 1 fully saturated rings. The molecular weight excluding hydrogens is 265 g/mol. The first-order valence-corrected chi connectivity index (χ1v) is 8.24. The zero-order valence-corrected chi connectivity index (χ0v) is 13.5. The van der Waals surface area contributed by atoms with Crippen molar-refractivity contribution in [1.29, 1.82) is 0 Å². The third-order valence-electron chi connectivity index (χ3n) is 4.67. The van der Waals surface area contributed by atoms with E-state index in [1.807, 2.05) is 13.0 Å². The molecule has 1 aliphatic carbocycles. The average molecular weight is 293 g/mol. The highest BCUT2D eigenvalue weighted by molar-refractivity contribution is 5.24. The van der Waals surface area contributed by atoms with Gasteiger partial charge in [-0.05, 0) is 62.8 Å². The molecule has 1 atom stereocenters. The highest BCUT2D eigenvalue weighted by atomic mass is 19.1. The minimum Gasteiger partial charge on any atom is -0.373 e. The Morgan fingerprint density at radius 2 is 2.05 bits per heavy atom. The number of hydrogen-bond donors (Lipinski definition) is 1. The maximum Gasteiger partial charge on any atom is 0.123 e. The van der Waals surface area contributed by atoms with Crippen LogP contribution in [-0.4, -0.2) is 18.8 Å². The lowest BCUT2D eigenvalue weighted by Gasteiger charge is -2.45. The van der Waals surface area contributed by atoms with E-state index >= 15 is 0 Å². The van der Waals surface area contributed by atoms with E-state index in [-0.39, 0.29) is 17.5 Å². The molecule has 118 valence electrons. The van der Waals surface area contributed by atoms with Crippen molar-refractivity contribution in [2.24, 2.45) is 5.92 Å². The predicted octanol–water partition coefficient (Wildman–Crippen LogP) is 4.46. The Bertz CT molecular complexity index is 441. The molecule has 1 saturated carbocycles. The SMILES string of the molecule is CCNC(c1cccc(F)c1)C1(OCC)CCC(C)CC1. The van der Waals surface area contributed by atoms with Gasteiger partial charge in [0.2, 0.25) is 0 Å². The van der Waals surface area contributed by atoms with Crippen LogP contribution in [0.3, 0.4) is 0 Å². The van der Waals surface area contributed by atoms with E-state index in [4.69, 9.17) is 4.74 Å². The fourth-order valence-corrected chi connectivity index (χ4v) is 3.55. The molecule has 0 spiro atoms. The number of nitrogens with one attached hydrogen (secondary N) is 1. The molecule has 2 nitrogen and oxygen atoms in total. The molecule has 0 bridgehead atoms. The average Bonchev–Trinajstić information content (AvgIpc) is 2.48. The lowest BCUT2D eigenvalue weighted by Crippen LogP contribution is -2.48. The fourth-order valence-electron chi connectivity index (χ4n) is 3.55. The van der Waals surface area contributed by atoms with Gasteiger partial charge < -0.3 is 10.1 Å². The molecule has 0 aromatic heterocycles. The van der Waals surface area contributed by atoms with Gasteiger partial charge in [0.15, 0.2) is 0 Å². The van der Waals surface area contributed by atoms with E-state index in [0.29, 0.717) is 6.61 Å². The fraction of sp³-hybridized carbons (Fsp3) is 0.667. The summed E-state index contributed by atoms with van der Waals surface area (Å²) in [7, 11) is 0. The van der Waals surface area contributed by atoms with Gasteiger partial charge in [0.25, 0.3) is 0 Å². The lowest BCUT2D eigenvalue weighted by atomic mass is 9.73. The molecule has 0 amide bonds. The van der Waals surface area contributed by atoms with Crippen LogP contribution >= 0.6 is 0 Å².